The lowest BCUT2D eigenvalue weighted by atomic mass is 9.76. The Labute approximate surface area is 217 Å². The van der Waals surface area contributed by atoms with E-state index in [9.17, 15) is 14.7 Å². The van der Waals surface area contributed by atoms with E-state index < -0.39 is 11.7 Å². The molecule has 0 amide bonds. The predicted molar refractivity (Wildman–Crippen MR) is 142 cm³/mol. The maximum absolute atomic E-state index is 13.9. The average Bonchev–Trinajstić information content (AvgIpc) is 3.04. The Morgan fingerprint density at radius 1 is 0.973 bits per heavy atom. The van der Waals surface area contributed by atoms with Crippen molar-refractivity contribution in [2.24, 2.45) is 17.0 Å². The number of nitrogens with zero attached hydrogens (tertiary/aromatic N) is 4. The highest BCUT2D eigenvalue weighted by atomic mass is 16.6. The Bertz CT molecular complexity index is 1230. The minimum absolute atomic E-state index is 0.0147. The third-order valence-corrected chi connectivity index (χ3v) is 9.41. The van der Waals surface area contributed by atoms with Crippen molar-refractivity contribution in [3.63, 3.8) is 0 Å². The number of carboxylic acids is 1. The first-order valence-electron chi connectivity index (χ1n) is 14.3. The van der Waals surface area contributed by atoms with Crippen LogP contribution in [0, 0.1) is 11.8 Å². The molecule has 8 nitrogen and oxygen atoms in total. The van der Waals surface area contributed by atoms with Crippen LogP contribution in [0.1, 0.15) is 89.3 Å². The van der Waals surface area contributed by atoms with Crippen molar-refractivity contribution in [3.8, 4) is 0 Å². The first-order valence-corrected chi connectivity index (χ1v) is 14.3. The second kappa shape index (κ2) is 10.2. The molecule has 4 aliphatic rings. The number of aliphatic carboxylic acids is 1. The maximum atomic E-state index is 13.9. The van der Waals surface area contributed by atoms with E-state index in [4.69, 9.17) is 4.84 Å². The fourth-order valence-corrected chi connectivity index (χ4v) is 8.09. The summed E-state index contributed by atoms with van der Waals surface area (Å²) in [5.74, 6) is 0.460. The van der Waals surface area contributed by atoms with Gasteiger partial charge in [0.05, 0.1) is 11.0 Å². The summed E-state index contributed by atoms with van der Waals surface area (Å²) in [6.07, 6.45) is 13.9. The van der Waals surface area contributed by atoms with Gasteiger partial charge in [-0.25, -0.2) is 9.78 Å². The number of hydrogen-bond donors (Lipinski definition) is 1. The highest BCUT2D eigenvalue weighted by Crippen LogP contribution is 2.47. The van der Waals surface area contributed by atoms with Crippen molar-refractivity contribution in [3.05, 3.63) is 40.3 Å². The lowest BCUT2D eigenvalue weighted by molar-refractivity contribution is -0.129. The van der Waals surface area contributed by atoms with E-state index >= 15 is 0 Å². The molecule has 198 valence electrons. The number of aromatic nitrogens is 2. The summed E-state index contributed by atoms with van der Waals surface area (Å²) >= 11 is 0. The Kier molecular flexibility index (Phi) is 6.78. The Hall–Kier alpha value is -2.74. The topological polar surface area (TPSA) is 97.0 Å². The number of fused-ring (bicyclic) bond motifs is 5. The van der Waals surface area contributed by atoms with E-state index in [1.54, 1.807) is 6.92 Å². The van der Waals surface area contributed by atoms with E-state index in [0.29, 0.717) is 23.6 Å². The molecule has 2 aliphatic carbocycles. The van der Waals surface area contributed by atoms with Crippen molar-refractivity contribution in [1.29, 1.82) is 0 Å². The monoisotopic (exact) mass is 506 g/mol. The lowest BCUT2D eigenvalue weighted by Gasteiger charge is -2.48. The summed E-state index contributed by atoms with van der Waals surface area (Å²) in [7, 11) is 0. The average molecular weight is 507 g/mol. The Morgan fingerprint density at radius 2 is 1.65 bits per heavy atom. The van der Waals surface area contributed by atoms with Gasteiger partial charge < -0.3 is 14.5 Å². The summed E-state index contributed by atoms with van der Waals surface area (Å²) in [5.41, 5.74) is 0.399. The zero-order chi connectivity index (χ0) is 25.5. The molecule has 2 aromatic rings. The number of benzene rings is 1. The standard InChI is InChI=1S/C29H38N4O4/c1-2-37-31-27(29(35)36)26-28(34)33(25-10-6-5-9-24(25)30-26)23-16-20-11-12-21(17-23)32(20)22-14-18-7-3-4-8-19(13-18)15-22/h5-6,9-10,18-23H,2-4,7-8,11-17H2,1H3,(H,35,36)/t18?,19?,20-,21+,22?,23+. The van der Waals surface area contributed by atoms with E-state index in [1.165, 1.54) is 57.8 Å². The normalized spacial score (nSPS) is 32.3. The van der Waals surface area contributed by atoms with Crippen molar-refractivity contribution < 1.29 is 14.7 Å². The van der Waals surface area contributed by atoms with Crippen LogP contribution < -0.4 is 5.56 Å². The van der Waals surface area contributed by atoms with Crippen LogP contribution in [-0.4, -0.2) is 56.0 Å². The molecule has 6 rings (SSSR count). The van der Waals surface area contributed by atoms with Gasteiger partial charge in [0, 0.05) is 24.2 Å². The fraction of sp³-hybridized carbons (Fsp3) is 0.655. The molecule has 0 spiro atoms. The zero-order valence-corrected chi connectivity index (χ0v) is 21.7. The summed E-state index contributed by atoms with van der Waals surface area (Å²) in [6, 6.07) is 9.19. The summed E-state index contributed by atoms with van der Waals surface area (Å²) < 4.78 is 1.82. The van der Waals surface area contributed by atoms with Crippen molar-refractivity contribution >= 4 is 22.7 Å². The van der Waals surface area contributed by atoms with Gasteiger partial charge in [-0.05, 0) is 75.8 Å². The molecule has 8 heteroatoms. The van der Waals surface area contributed by atoms with Crippen LogP contribution in [0.15, 0.2) is 34.2 Å². The van der Waals surface area contributed by atoms with Gasteiger partial charge in [-0.15, -0.1) is 0 Å². The van der Waals surface area contributed by atoms with Crippen LogP contribution >= 0.6 is 0 Å². The van der Waals surface area contributed by atoms with Crippen LogP contribution in [0.2, 0.25) is 0 Å². The first-order chi connectivity index (χ1) is 18.0. The number of hydrogen-bond acceptors (Lipinski definition) is 6. The second-order valence-corrected chi connectivity index (χ2v) is 11.6. The van der Waals surface area contributed by atoms with E-state index in [2.05, 4.69) is 15.0 Å². The fourth-order valence-electron chi connectivity index (χ4n) is 8.09. The molecule has 1 aromatic heterocycles. The quantitative estimate of drug-likeness (QED) is 0.449. The van der Waals surface area contributed by atoms with Crippen LogP contribution in [0.5, 0.6) is 0 Å². The molecule has 37 heavy (non-hydrogen) atoms. The highest BCUT2D eigenvalue weighted by Gasteiger charge is 2.47. The van der Waals surface area contributed by atoms with Crippen LogP contribution in [0.3, 0.4) is 0 Å². The lowest BCUT2D eigenvalue weighted by Crippen LogP contribution is -2.52. The first kappa shape index (κ1) is 24.6. The van der Waals surface area contributed by atoms with E-state index in [1.807, 2.05) is 28.8 Å². The van der Waals surface area contributed by atoms with Crippen LogP contribution in [0.4, 0.5) is 0 Å². The molecule has 0 radical (unpaired) electrons. The molecule has 2 saturated heterocycles. The summed E-state index contributed by atoms with van der Waals surface area (Å²) in [4.78, 5) is 38.2. The molecule has 1 N–H and O–H groups in total. The largest absolute Gasteiger partial charge is 0.476 e. The number of carboxylic acid groups (broad SMARTS) is 1. The second-order valence-electron chi connectivity index (χ2n) is 11.6. The zero-order valence-electron chi connectivity index (χ0n) is 21.7. The van der Waals surface area contributed by atoms with Gasteiger partial charge in [0.1, 0.15) is 6.61 Å². The molecule has 1 aromatic carbocycles. The van der Waals surface area contributed by atoms with Crippen molar-refractivity contribution in [2.45, 2.75) is 102 Å². The smallest absolute Gasteiger partial charge is 0.360 e. The number of piperidine rings is 1. The minimum Gasteiger partial charge on any atom is -0.476 e. The highest BCUT2D eigenvalue weighted by molar-refractivity contribution is 6.41. The van der Waals surface area contributed by atoms with Gasteiger partial charge in [0.25, 0.3) is 5.56 Å². The molecule has 2 unspecified atom stereocenters. The van der Waals surface area contributed by atoms with Crippen LogP contribution in [0.25, 0.3) is 11.0 Å². The number of para-hydroxylation sites is 2. The van der Waals surface area contributed by atoms with E-state index in [0.717, 1.165) is 30.2 Å². The molecular formula is C29H38N4O4. The maximum Gasteiger partial charge on any atom is 0.360 e. The van der Waals surface area contributed by atoms with Gasteiger partial charge in [-0.3, -0.25) is 9.69 Å². The Balaban J connectivity index is 1.34. The molecule has 4 fully saturated rings. The van der Waals surface area contributed by atoms with Crippen LogP contribution in [-0.2, 0) is 9.63 Å². The minimum atomic E-state index is -1.31. The molecule has 2 aliphatic heterocycles. The summed E-state index contributed by atoms with van der Waals surface area (Å²) in [6.45, 7) is 1.93. The van der Waals surface area contributed by atoms with E-state index in [-0.39, 0.29) is 23.9 Å². The van der Waals surface area contributed by atoms with Gasteiger partial charge in [-0.1, -0.05) is 43.0 Å². The predicted octanol–water partition coefficient (Wildman–Crippen LogP) is 4.75. The number of carbonyl (C=O) groups is 1. The van der Waals surface area contributed by atoms with Gasteiger partial charge in [0.15, 0.2) is 5.69 Å². The summed E-state index contributed by atoms with van der Waals surface area (Å²) in [5, 5.41) is 13.6. The molecule has 2 saturated carbocycles. The number of oxime groups is 1. The van der Waals surface area contributed by atoms with Crippen molar-refractivity contribution in [2.75, 3.05) is 6.61 Å². The Morgan fingerprint density at radius 3 is 2.30 bits per heavy atom. The third kappa shape index (κ3) is 4.58. The van der Waals surface area contributed by atoms with Gasteiger partial charge in [0.2, 0.25) is 5.71 Å². The van der Waals surface area contributed by atoms with Gasteiger partial charge >= 0.3 is 5.97 Å². The number of rotatable bonds is 6. The molecule has 4 bridgehead atoms. The van der Waals surface area contributed by atoms with Crippen molar-refractivity contribution in [1.82, 2.24) is 14.5 Å². The molecular weight excluding hydrogens is 468 g/mol. The SMILES string of the molecule is CCON=C(C(=O)O)c1nc2ccccc2n([C@H]2C[C@H]3CC[C@@H](C2)N3C2CC3CCCCC(C3)C2)c1=O. The molecule has 5 atom stereocenters. The third-order valence-electron chi connectivity index (χ3n) is 9.41. The van der Waals surface area contributed by atoms with Gasteiger partial charge in [-0.2, -0.15) is 0 Å². The molecule has 3 heterocycles.